The van der Waals surface area contributed by atoms with Gasteiger partial charge in [-0.1, -0.05) is 18.2 Å². The highest BCUT2D eigenvalue weighted by molar-refractivity contribution is 5.85. The van der Waals surface area contributed by atoms with Crippen molar-refractivity contribution in [2.75, 3.05) is 6.61 Å². The lowest BCUT2D eigenvalue weighted by atomic mass is 9.48. The maximum Gasteiger partial charge on any atom is 0.302 e. The second kappa shape index (κ2) is 5.62. The summed E-state index contributed by atoms with van der Waals surface area (Å²) in [6.45, 7) is 1.98. The van der Waals surface area contributed by atoms with Crippen molar-refractivity contribution in [3.63, 3.8) is 0 Å². The molecule has 3 heteroatoms. The number of hydrogen-bond donors (Lipinski definition) is 1. The van der Waals surface area contributed by atoms with E-state index in [9.17, 15) is 4.79 Å². The van der Waals surface area contributed by atoms with Crippen LogP contribution in [0.3, 0.4) is 0 Å². The Bertz CT molecular complexity index is 783. The lowest BCUT2D eigenvalue weighted by molar-refractivity contribution is -0.140. The average Bonchev–Trinajstić information content (AvgIpc) is 2.93. The molecule has 0 saturated heterocycles. The van der Waals surface area contributed by atoms with Crippen molar-refractivity contribution in [3.05, 3.63) is 35.5 Å². The molecule has 4 bridgehead atoms. The number of hydrogen-bond acceptors (Lipinski definition) is 2. The molecule has 1 heterocycles. The molecular weight excluding hydrogens is 310 g/mol. The van der Waals surface area contributed by atoms with E-state index in [0.717, 1.165) is 24.2 Å². The third kappa shape index (κ3) is 2.51. The van der Waals surface area contributed by atoms with Gasteiger partial charge in [-0.15, -0.1) is 0 Å². The minimum absolute atomic E-state index is 0.184. The van der Waals surface area contributed by atoms with Crippen molar-refractivity contribution in [1.82, 2.24) is 4.98 Å². The van der Waals surface area contributed by atoms with Crippen molar-refractivity contribution < 1.29 is 9.53 Å². The molecule has 1 aromatic heterocycles. The van der Waals surface area contributed by atoms with Crippen molar-refractivity contribution in [2.24, 2.45) is 17.8 Å². The van der Waals surface area contributed by atoms with Crippen LogP contribution in [-0.4, -0.2) is 17.6 Å². The van der Waals surface area contributed by atoms with Gasteiger partial charge in [0.25, 0.3) is 0 Å². The Morgan fingerprint density at radius 3 is 2.40 bits per heavy atom. The number of esters is 1. The topological polar surface area (TPSA) is 42.1 Å². The van der Waals surface area contributed by atoms with E-state index in [1.165, 1.54) is 67.6 Å². The van der Waals surface area contributed by atoms with Gasteiger partial charge in [0.1, 0.15) is 0 Å². The number of ether oxygens (including phenoxy) is 1. The van der Waals surface area contributed by atoms with Crippen LogP contribution < -0.4 is 0 Å². The molecule has 4 fully saturated rings. The molecule has 0 unspecified atom stereocenters. The molecule has 0 atom stereocenters. The van der Waals surface area contributed by atoms with Crippen molar-refractivity contribution in [1.29, 1.82) is 0 Å². The van der Waals surface area contributed by atoms with Crippen molar-refractivity contribution in [3.8, 4) is 0 Å². The van der Waals surface area contributed by atoms with Crippen LogP contribution in [-0.2, 0) is 21.4 Å². The van der Waals surface area contributed by atoms with Crippen LogP contribution in [0, 0.1) is 17.8 Å². The molecule has 4 aliphatic carbocycles. The minimum Gasteiger partial charge on any atom is -0.466 e. The summed E-state index contributed by atoms with van der Waals surface area (Å²) in [5, 5.41) is 1.32. The average molecular weight is 337 g/mol. The summed E-state index contributed by atoms with van der Waals surface area (Å²) in [6, 6.07) is 8.64. The van der Waals surface area contributed by atoms with E-state index < -0.39 is 0 Å². The van der Waals surface area contributed by atoms with Gasteiger partial charge >= 0.3 is 5.97 Å². The van der Waals surface area contributed by atoms with E-state index in [0.29, 0.717) is 12.0 Å². The molecular formula is C22H27NO2. The third-order valence-corrected chi connectivity index (χ3v) is 7.04. The Balaban J connectivity index is 1.57. The number of para-hydroxylation sites is 1. The van der Waals surface area contributed by atoms with E-state index >= 15 is 0 Å². The zero-order valence-corrected chi connectivity index (χ0v) is 15.0. The molecule has 6 rings (SSSR count). The minimum atomic E-state index is -0.184. The highest BCUT2D eigenvalue weighted by atomic mass is 16.5. The van der Waals surface area contributed by atoms with Gasteiger partial charge in [0.2, 0.25) is 0 Å². The monoisotopic (exact) mass is 337 g/mol. The van der Waals surface area contributed by atoms with Gasteiger partial charge in [0.15, 0.2) is 0 Å². The van der Waals surface area contributed by atoms with Crippen LogP contribution in [0.15, 0.2) is 24.3 Å². The van der Waals surface area contributed by atoms with Crippen LogP contribution in [0.2, 0.25) is 0 Å². The van der Waals surface area contributed by atoms with E-state index in [1.54, 1.807) is 0 Å². The van der Waals surface area contributed by atoms with Crippen LogP contribution in [0.25, 0.3) is 10.9 Å². The second-order valence-electron chi connectivity index (χ2n) is 8.81. The van der Waals surface area contributed by atoms with Crippen molar-refractivity contribution in [2.45, 2.75) is 57.3 Å². The Labute approximate surface area is 149 Å². The molecule has 1 N–H and O–H groups in total. The van der Waals surface area contributed by atoms with Crippen molar-refractivity contribution >= 4 is 16.9 Å². The fourth-order valence-corrected chi connectivity index (χ4v) is 6.63. The van der Waals surface area contributed by atoms with E-state index in [-0.39, 0.29) is 5.97 Å². The first-order valence-electron chi connectivity index (χ1n) is 9.86. The Hall–Kier alpha value is -1.77. The largest absolute Gasteiger partial charge is 0.466 e. The number of aromatic amines is 1. The normalized spacial score (nSPS) is 33.1. The number of rotatable bonds is 4. The van der Waals surface area contributed by atoms with E-state index in [4.69, 9.17) is 4.74 Å². The first-order valence-corrected chi connectivity index (χ1v) is 9.86. The molecule has 3 nitrogen and oxygen atoms in total. The molecule has 0 aliphatic heterocycles. The molecule has 4 saturated carbocycles. The highest BCUT2D eigenvalue weighted by Crippen LogP contribution is 2.61. The van der Waals surface area contributed by atoms with E-state index in [1.807, 2.05) is 0 Å². The summed E-state index contributed by atoms with van der Waals surface area (Å²) >= 11 is 0. The first kappa shape index (κ1) is 15.5. The number of H-pyrrole nitrogens is 1. The lowest BCUT2D eigenvalue weighted by Gasteiger charge is -2.56. The maximum absolute atomic E-state index is 11.2. The highest BCUT2D eigenvalue weighted by Gasteiger charge is 2.52. The summed E-state index contributed by atoms with van der Waals surface area (Å²) in [5.74, 6) is 2.60. The predicted octanol–water partition coefficient (Wildman–Crippen LogP) is 4.74. The molecule has 0 radical (unpaired) electrons. The second-order valence-corrected chi connectivity index (χ2v) is 8.81. The SMILES string of the molecule is CC(=O)OCCc1c(C23CC4CC(CC(C4)C2)C3)[nH]c2ccccc12. The zero-order valence-electron chi connectivity index (χ0n) is 15.0. The molecule has 0 spiro atoms. The fraction of sp³-hybridized carbons (Fsp3) is 0.591. The Morgan fingerprint density at radius 2 is 1.76 bits per heavy atom. The number of carbonyl (C=O) groups is 1. The fourth-order valence-electron chi connectivity index (χ4n) is 6.63. The smallest absolute Gasteiger partial charge is 0.302 e. The summed E-state index contributed by atoms with van der Waals surface area (Å²) in [5.41, 5.74) is 4.46. The van der Waals surface area contributed by atoms with Gasteiger partial charge in [-0.25, -0.2) is 0 Å². The Kier molecular flexibility index (Phi) is 3.48. The van der Waals surface area contributed by atoms with Gasteiger partial charge in [-0.05, 0) is 67.9 Å². The number of aromatic nitrogens is 1. The van der Waals surface area contributed by atoms with E-state index in [2.05, 4.69) is 29.2 Å². The molecule has 2 aromatic rings. The van der Waals surface area contributed by atoms with Crippen LogP contribution in [0.5, 0.6) is 0 Å². The number of benzene rings is 1. The number of fused-ring (bicyclic) bond motifs is 1. The maximum atomic E-state index is 11.2. The van der Waals surface area contributed by atoms with Gasteiger partial charge < -0.3 is 9.72 Å². The van der Waals surface area contributed by atoms with Gasteiger partial charge in [-0.2, -0.15) is 0 Å². The summed E-state index contributed by atoms with van der Waals surface area (Å²) < 4.78 is 5.29. The summed E-state index contributed by atoms with van der Waals surface area (Å²) in [7, 11) is 0. The molecule has 0 amide bonds. The van der Waals surface area contributed by atoms with Crippen LogP contribution in [0.1, 0.15) is 56.7 Å². The molecule has 25 heavy (non-hydrogen) atoms. The number of nitrogens with one attached hydrogen (secondary N) is 1. The zero-order chi connectivity index (χ0) is 17.0. The molecule has 1 aromatic carbocycles. The van der Waals surface area contributed by atoms with Gasteiger partial charge in [0.05, 0.1) is 6.61 Å². The summed E-state index contributed by atoms with van der Waals surface area (Å²) in [4.78, 5) is 15.0. The molecule has 4 aliphatic rings. The van der Waals surface area contributed by atoms with Gasteiger partial charge in [0, 0.05) is 35.4 Å². The Morgan fingerprint density at radius 1 is 1.12 bits per heavy atom. The first-order chi connectivity index (χ1) is 12.1. The third-order valence-electron chi connectivity index (χ3n) is 7.04. The van der Waals surface area contributed by atoms with Crippen LogP contribution >= 0.6 is 0 Å². The van der Waals surface area contributed by atoms with Gasteiger partial charge in [-0.3, -0.25) is 4.79 Å². The predicted molar refractivity (Wildman–Crippen MR) is 98.5 cm³/mol. The standard InChI is InChI=1S/C22H27NO2/c1-14(24)25-7-6-19-18-4-2-3-5-20(18)23-21(19)22-11-15-8-16(12-22)10-17(9-15)13-22/h2-5,15-17,23H,6-13H2,1H3. The molecule has 132 valence electrons. The quantitative estimate of drug-likeness (QED) is 0.819. The van der Waals surface area contributed by atoms with Crippen LogP contribution in [0.4, 0.5) is 0 Å². The number of carbonyl (C=O) groups excluding carboxylic acids is 1. The summed E-state index contributed by atoms with van der Waals surface area (Å²) in [6.07, 6.45) is 9.26. The lowest BCUT2D eigenvalue weighted by Crippen LogP contribution is -2.49.